The van der Waals surface area contributed by atoms with Gasteiger partial charge in [-0.15, -0.1) is 0 Å². The van der Waals surface area contributed by atoms with Crippen molar-refractivity contribution in [1.82, 2.24) is 9.97 Å². The van der Waals surface area contributed by atoms with E-state index in [1.807, 2.05) is 18.2 Å². The van der Waals surface area contributed by atoms with Crippen molar-refractivity contribution in [3.05, 3.63) is 28.5 Å². The third-order valence-electron chi connectivity index (χ3n) is 3.01. The van der Waals surface area contributed by atoms with Crippen molar-refractivity contribution in [2.45, 2.75) is 12.8 Å². The zero-order valence-corrected chi connectivity index (χ0v) is 12.2. The first-order chi connectivity index (χ1) is 9.78. The van der Waals surface area contributed by atoms with Crippen LogP contribution in [-0.4, -0.2) is 23.2 Å². The fraction of sp³-hybridized carbons (Fsp3) is 0.286. The third-order valence-corrected chi connectivity index (χ3v) is 3.66. The number of fused-ring (bicyclic) bond motifs is 1. The molecule has 0 spiro atoms. The number of hydrogen-bond acceptors (Lipinski definition) is 4. The Bertz CT molecular complexity index is 676. The molecule has 6 heteroatoms. The predicted octanol–water partition coefficient (Wildman–Crippen LogP) is 3.07. The average molecular weight is 334 g/mol. The lowest BCUT2D eigenvalue weighted by Gasteiger charge is -2.08. The van der Waals surface area contributed by atoms with Gasteiger partial charge in [-0.2, -0.15) is 5.26 Å². The van der Waals surface area contributed by atoms with Crippen LogP contribution in [0.1, 0.15) is 12.1 Å². The van der Waals surface area contributed by atoms with Crippen LogP contribution in [0.15, 0.2) is 22.8 Å². The van der Waals surface area contributed by atoms with Crippen LogP contribution >= 0.6 is 15.9 Å². The fourth-order valence-electron chi connectivity index (χ4n) is 2.03. The van der Waals surface area contributed by atoms with Gasteiger partial charge in [0.2, 0.25) is 0 Å². The van der Waals surface area contributed by atoms with E-state index in [9.17, 15) is 0 Å². The van der Waals surface area contributed by atoms with Crippen LogP contribution in [0.3, 0.4) is 0 Å². The summed E-state index contributed by atoms with van der Waals surface area (Å²) in [5, 5.41) is 8.76. The minimum atomic E-state index is 0.290. The Morgan fingerprint density at radius 1 is 1.30 bits per heavy atom. The molecular formula is C14H12BrN3O2. The van der Waals surface area contributed by atoms with E-state index in [-0.39, 0.29) is 6.42 Å². The fourth-order valence-corrected chi connectivity index (χ4v) is 2.45. The highest BCUT2D eigenvalue weighted by molar-refractivity contribution is 9.10. The quantitative estimate of drug-likeness (QED) is 0.916. The van der Waals surface area contributed by atoms with E-state index in [2.05, 4.69) is 32.0 Å². The second-order valence-electron chi connectivity index (χ2n) is 4.40. The van der Waals surface area contributed by atoms with Crippen LogP contribution in [0.25, 0.3) is 11.4 Å². The molecule has 0 bridgehead atoms. The number of nitrogens with one attached hydrogen (secondary N) is 1. The van der Waals surface area contributed by atoms with Crippen molar-refractivity contribution >= 4 is 15.9 Å². The minimum Gasteiger partial charge on any atom is -0.490 e. The van der Waals surface area contributed by atoms with Gasteiger partial charge in [0.15, 0.2) is 11.5 Å². The summed E-state index contributed by atoms with van der Waals surface area (Å²) in [6.45, 7) is 1.32. The zero-order chi connectivity index (χ0) is 13.9. The van der Waals surface area contributed by atoms with Gasteiger partial charge < -0.3 is 14.5 Å². The number of nitrogens with zero attached hydrogens (tertiary/aromatic N) is 2. The van der Waals surface area contributed by atoms with Crippen LogP contribution < -0.4 is 9.47 Å². The molecule has 0 amide bonds. The summed E-state index contributed by atoms with van der Waals surface area (Å²) in [7, 11) is 0. The maximum Gasteiger partial charge on any atom is 0.161 e. The summed E-state index contributed by atoms with van der Waals surface area (Å²) >= 11 is 3.35. The lowest BCUT2D eigenvalue weighted by Crippen LogP contribution is -1.97. The zero-order valence-electron chi connectivity index (χ0n) is 10.6. The van der Waals surface area contributed by atoms with E-state index in [0.717, 1.165) is 29.2 Å². The molecule has 2 aromatic rings. The number of halogens is 1. The molecule has 0 atom stereocenters. The Kier molecular flexibility index (Phi) is 3.61. The van der Waals surface area contributed by atoms with E-state index in [1.165, 1.54) is 0 Å². The molecule has 0 radical (unpaired) electrons. The molecular weight excluding hydrogens is 322 g/mol. The van der Waals surface area contributed by atoms with E-state index < -0.39 is 0 Å². The van der Waals surface area contributed by atoms with Crippen molar-refractivity contribution in [3.8, 4) is 29.0 Å². The number of aromatic amines is 1. The van der Waals surface area contributed by atoms with E-state index >= 15 is 0 Å². The lowest BCUT2D eigenvalue weighted by molar-refractivity contribution is 0.297. The highest BCUT2D eigenvalue weighted by atomic mass is 79.9. The molecule has 102 valence electrons. The van der Waals surface area contributed by atoms with E-state index in [4.69, 9.17) is 14.7 Å². The molecule has 1 N–H and O–H groups in total. The molecule has 1 aliphatic heterocycles. The number of benzene rings is 1. The first-order valence-corrected chi connectivity index (χ1v) is 7.08. The van der Waals surface area contributed by atoms with Gasteiger partial charge in [0.1, 0.15) is 10.4 Å². The van der Waals surface area contributed by atoms with Crippen LogP contribution in [0, 0.1) is 11.3 Å². The molecule has 0 aliphatic carbocycles. The summed E-state index contributed by atoms with van der Waals surface area (Å²) in [5.74, 6) is 2.20. The molecule has 1 aliphatic rings. The standard InChI is InChI=1S/C14H12BrN3O2/c15-13-10(4-5-16)17-14(18-13)9-2-3-11-12(8-9)20-7-1-6-19-11/h2-3,8H,1,4,6-7H2,(H,17,18). The molecule has 1 aromatic carbocycles. The van der Waals surface area contributed by atoms with Crippen molar-refractivity contribution < 1.29 is 9.47 Å². The second kappa shape index (κ2) is 5.55. The number of imidazole rings is 1. The summed E-state index contributed by atoms with van der Waals surface area (Å²) in [4.78, 5) is 7.53. The SMILES string of the molecule is N#CCc1[nH]c(-c2ccc3c(c2)OCCCO3)nc1Br. The number of ether oxygens (including phenoxy) is 2. The van der Waals surface area contributed by atoms with Crippen LogP contribution in [0.4, 0.5) is 0 Å². The maximum atomic E-state index is 8.76. The number of nitriles is 1. The molecule has 1 aromatic heterocycles. The largest absolute Gasteiger partial charge is 0.490 e. The van der Waals surface area contributed by atoms with Gasteiger partial charge in [-0.05, 0) is 34.1 Å². The maximum absolute atomic E-state index is 8.76. The Morgan fingerprint density at radius 2 is 2.10 bits per heavy atom. The van der Waals surface area contributed by atoms with Crippen LogP contribution in [0.2, 0.25) is 0 Å². The summed E-state index contributed by atoms with van der Waals surface area (Å²) < 4.78 is 11.9. The van der Waals surface area contributed by atoms with Crippen LogP contribution in [-0.2, 0) is 6.42 Å². The van der Waals surface area contributed by atoms with Gasteiger partial charge in [-0.1, -0.05) is 0 Å². The Morgan fingerprint density at radius 3 is 2.90 bits per heavy atom. The Hall–Kier alpha value is -2.00. The van der Waals surface area contributed by atoms with Gasteiger partial charge in [0.25, 0.3) is 0 Å². The van der Waals surface area contributed by atoms with Gasteiger partial charge >= 0.3 is 0 Å². The monoisotopic (exact) mass is 333 g/mol. The predicted molar refractivity (Wildman–Crippen MR) is 76.6 cm³/mol. The number of hydrogen-bond donors (Lipinski definition) is 1. The number of rotatable bonds is 2. The third kappa shape index (κ3) is 2.49. The minimum absolute atomic E-state index is 0.290. The van der Waals surface area contributed by atoms with Gasteiger partial charge in [-0.3, -0.25) is 0 Å². The van der Waals surface area contributed by atoms with Gasteiger partial charge in [0, 0.05) is 12.0 Å². The highest BCUT2D eigenvalue weighted by Gasteiger charge is 2.14. The summed E-state index contributed by atoms with van der Waals surface area (Å²) in [6, 6.07) is 7.82. The van der Waals surface area contributed by atoms with Crippen molar-refractivity contribution in [2.75, 3.05) is 13.2 Å². The smallest absolute Gasteiger partial charge is 0.161 e. The van der Waals surface area contributed by atoms with E-state index in [0.29, 0.717) is 23.6 Å². The normalized spacial score (nSPS) is 13.6. The van der Waals surface area contributed by atoms with Crippen molar-refractivity contribution in [1.29, 1.82) is 5.26 Å². The lowest BCUT2D eigenvalue weighted by atomic mass is 10.2. The van der Waals surface area contributed by atoms with Crippen molar-refractivity contribution in [2.24, 2.45) is 0 Å². The average Bonchev–Trinajstić information content (AvgIpc) is 2.69. The molecule has 0 saturated heterocycles. The summed E-state index contributed by atoms with van der Waals surface area (Å²) in [6.07, 6.45) is 1.17. The van der Waals surface area contributed by atoms with E-state index in [1.54, 1.807) is 0 Å². The first-order valence-electron chi connectivity index (χ1n) is 6.29. The van der Waals surface area contributed by atoms with Crippen molar-refractivity contribution in [3.63, 3.8) is 0 Å². The Balaban J connectivity index is 1.96. The molecule has 2 heterocycles. The molecule has 3 rings (SSSR count). The number of aromatic nitrogens is 2. The van der Waals surface area contributed by atoms with Gasteiger partial charge in [0.05, 0.1) is 31.4 Å². The highest BCUT2D eigenvalue weighted by Crippen LogP contribution is 2.34. The van der Waals surface area contributed by atoms with Crippen LogP contribution in [0.5, 0.6) is 11.5 Å². The molecule has 0 fully saturated rings. The summed E-state index contributed by atoms with van der Waals surface area (Å²) in [5.41, 5.74) is 1.67. The molecule has 0 unspecified atom stereocenters. The molecule has 20 heavy (non-hydrogen) atoms. The molecule has 0 saturated carbocycles. The molecule has 5 nitrogen and oxygen atoms in total. The van der Waals surface area contributed by atoms with Gasteiger partial charge in [-0.25, -0.2) is 4.98 Å². The Labute approximate surface area is 124 Å². The number of H-pyrrole nitrogens is 1. The second-order valence-corrected chi connectivity index (χ2v) is 5.15. The topological polar surface area (TPSA) is 70.9 Å². The first kappa shape index (κ1) is 13.0.